The number of hydrogen-bond donors (Lipinski definition) is 2. The van der Waals surface area contributed by atoms with Gasteiger partial charge >= 0.3 is 0 Å². The van der Waals surface area contributed by atoms with E-state index in [2.05, 4.69) is 26.2 Å². The molecule has 0 saturated carbocycles. The number of aromatic nitrogens is 1. The predicted octanol–water partition coefficient (Wildman–Crippen LogP) is 5.69. The van der Waals surface area contributed by atoms with E-state index in [1.165, 1.54) is 25.3 Å². The summed E-state index contributed by atoms with van der Waals surface area (Å²) in [5.74, 6) is 0.288. The van der Waals surface area contributed by atoms with Crippen molar-refractivity contribution in [3.8, 4) is 17.6 Å². The maximum Gasteiger partial charge on any atom is 0.269 e. The fraction of sp³-hybridized carbons (Fsp3) is 0.143. The lowest BCUT2D eigenvalue weighted by molar-refractivity contribution is -0.384. The molecule has 2 N–H and O–H groups in total. The number of nitro benzene ring substituents is 1. The number of ether oxygens (including phenoxy) is 2. The number of aromatic amines is 1. The number of carbonyl (C=O) groups is 1. The van der Waals surface area contributed by atoms with Gasteiger partial charge in [-0.2, -0.15) is 5.26 Å². The quantitative estimate of drug-likeness (QED) is 0.108. The highest BCUT2D eigenvalue weighted by Gasteiger charge is 2.15. The second-order valence-corrected chi connectivity index (χ2v) is 9.13. The van der Waals surface area contributed by atoms with E-state index in [1.54, 1.807) is 24.3 Å². The third kappa shape index (κ3) is 6.19. The van der Waals surface area contributed by atoms with Gasteiger partial charge in [-0.3, -0.25) is 14.9 Å². The standard InChI is InChI=1S/C28H23BrN4O5/c1-37-26-13-20(24(29)14-27(26)38-17-18-5-4-6-22(11-18)33(35)36)12-21(15-30)28(34)31-10-9-19-16-32-25-8-3-2-7-23(19)25/h2-8,11-14,16,32H,9-10,17H2,1H3,(H,31,34)/b21-12-. The Hall–Kier alpha value is -4.62. The van der Waals surface area contributed by atoms with Gasteiger partial charge in [0.2, 0.25) is 0 Å². The van der Waals surface area contributed by atoms with Gasteiger partial charge in [-0.1, -0.05) is 46.3 Å². The molecule has 9 nitrogen and oxygen atoms in total. The number of fused-ring (bicyclic) bond motifs is 1. The molecule has 1 heterocycles. The highest BCUT2D eigenvalue weighted by Crippen LogP contribution is 2.35. The second-order valence-electron chi connectivity index (χ2n) is 8.28. The summed E-state index contributed by atoms with van der Waals surface area (Å²) in [7, 11) is 1.47. The maximum atomic E-state index is 12.7. The molecule has 3 aromatic carbocycles. The molecule has 4 aromatic rings. The van der Waals surface area contributed by atoms with E-state index in [-0.39, 0.29) is 17.9 Å². The molecule has 0 aliphatic carbocycles. The van der Waals surface area contributed by atoms with Crippen molar-refractivity contribution in [1.82, 2.24) is 10.3 Å². The van der Waals surface area contributed by atoms with Gasteiger partial charge in [0.05, 0.1) is 12.0 Å². The molecule has 0 aliphatic rings. The minimum absolute atomic E-state index is 0.0245. The van der Waals surface area contributed by atoms with Crippen LogP contribution < -0.4 is 14.8 Å². The Bertz CT molecular complexity index is 1570. The first-order valence-electron chi connectivity index (χ1n) is 11.6. The zero-order valence-corrected chi connectivity index (χ0v) is 21.9. The summed E-state index contributed by atoms with van der Waals surface area (Å²) in [6.45, 7) is 0.455. The van der Waals surface area contributed by atoms with Gasteiger partial charge in [0.1, 0.15) is 18.2 Å². The van der Waals surface area contributed by atoms with Gasteiger partial charge in [0.15, 0.2) is 11.5 Å². The maximum absolute atomic E-state index is 12.7. The van der Waals surface area contributed by atoms with Gasteiger partial charge in [-0.05, 0) is 47.4 Å². The third-order valence-corrected chi connectivity index (χ3v) is 6.51. The van der Waals surface area contributed by atoms with E-state index in [1.807, 2.05) is 36.5 Å². The normalized spacial score (nSPS) is 11.1. The van der Waals surface area contributed by atoms with Crippen LogP contribution in [0, 0.1) is 21.4 Å². The Morgan fingerprint density at radius 1 is 1.18 bits per heavy atom. The largest absolute Gasteiger partial charge is 0.493 e. The third-order valence-electron chi connectivity index (χ3n) is 5.82. The molecule has 1 aromatic heterocycles. The van der Waals surface area contributed by atoms with Crippen LogP contribution in [0.3, 0.4) is 0 Å². The molecule has 38 heavy (non-hydrogen) atoms. The fourth-order valence-electron chi connectivity index (χ4n) is 3.90. The number of nitrogens with one attached hydrogen (secondary N) is 2. The number of rotatable bonds is 10. The van der Waals surface area contributed by atoms with Crippen molar-refractivity contribution in [2.24, 2.45) is 0 Å². The molecule has 0 bridgehead atoms. The SMILES string of the molecule is COc1cc(/C=C(/C#N)C(=O)NCCc2c[nH]c3ccccc23)c(Br)cc1OCc1cccc([N+](=O)[O-])c1. The minimum atomic E-state index is -0.482. The van der Waals surface area contributed by atoms with Gasteiger partial charge in [0, 0.05) is 40.2 Å². The van der Waals surface area contributed by atoms with E-state index in [0.717, 1.165) is 16.5 Å². The summed E-state index contributed by atoms with van der Waals surface area (Å²) in [6.07, 6.45) is 4.00. The lowest BCUT2D eigenvalue weighted by atomic mass is 10.1. The first-order chi connectivity index (χ1) is 18.4. The van der Waals surface area contributed by atoms with Crippen molar-refractivity contribution in [2.75, 3.05) is 13.7 Å². The van der Waals surface area contributed by atoms with Gasteiger partial charge in [-0.25, -0.2) is 0 Å². The first kappa shape index (κ1) is 26.4. The predicted molar refractivity (Wildman–Crippen MR) is 147 cm³/mol. The number of H-pyrrole nitrogens is 1. The fourth-order valence-corrected chi connectivity index (χ4v) is 4.34. The molecule has 1 amide bonds. The smallest absolute Gasteiger partial charge is 0.269 e. The van der Waals surface area contributed by atoms with E-state index in [4.69, 9.17) is 9.47 Å². The highest BCUT2D eigenvalue weighted by molar-refractivity contribution is 9.10. The van der Waals surface area contributed by atoms with E-state index in [0.29, 0.717) is 40.1 Å². The summed E-state index contributed by atoms with van der Waals surface area (Å²) < 4.78 is 11.9. The molecule has 4 rings (SSSR count). The van der Waals surface area contributed by atoms with Crippen molar-refractivity contribution in [2.45, 2.75) is 13.0 Å². The molecule has 0 saturated heterocycles. The summed E-state index contributed by atoms with van der Waals surface area (Å²) in [6, 6.07) is 19.4. The Morgan fingerprint density at radius 3 is 2.76 bits per heavy atom. The van der Waals surface area contributed by atoms with E-state index < -0.39 is 10.8 Å². The van der Waals surface area contributed by atoms with Crippen LogP contribution in [0.4, 0.5) is 5.69 Å². The van der Waals surface area contributed by atoms with E-state index >= 15 is 0 Å². The molecule has 0 aliphatic heterocycles. The van der Waals surface area contributed by atoms with Crippen LogP contribution in [-0.2, 0) is 17.8 Å². The molecule has 0 radical (unpaired) electrons. The number of benzene rings is 3. The number of para-hydroxylation sites is 1. The Kier molecular flexibility index (Phi) is 8.40. The molecule has 192 valence electrons. The van der Waals surface area contributed by atoms with Crippen molar-refractivity contribution in [3.05, 3.63) is 104 Å². The number of nitrogens with zero attached hydrogens (tertiary/aromatic N) is 2. The van der Waals surface area contributed by atoms with Crippen molar-refractivity contribution < 1.29 is 19.2 Å². The number of carbonyl (C=O) groups excluding carboxylic acids is 1. The zero-order chi connectivity index (χ0) is 27.1. The number of amides is 1. The lowest BCUT2D eigenvalue weighted by Gasteiger charge is -2.13. The molecule has 10 heteroatoms. The Labute approximate surface area is 227 Å². The summed E-state index contributed by atoms with van der Waals surface area (Å²) >= 11 is 3.46. The van der Waals surface area contributed by atoms with Crippen LogP contribution >= 0.6 is 15.9 Å². The summed E-state index contributed by atoms with van der Waals surface area (Å²) in [5, 5.41) is 24.5. The summed E-state index contributed by atoms with van der Waals surface area (Å²) in [5.41, 5.74) is 3.20. The van der Waals surface area contributed by atoms with Crippen molar-refractivity contribution in [3.63, 3.8) is 0 Å². The topological polar surface area (TPSA) is 130 Å². The lowest BCUT2D eigenvalue weighted by Crippen LogP contribution is -2.26. The number of halogens is 1. The molecule has 0 spiro atoms. The number of nitro groups is 1. The average molecular weight is 575 g/mol. The van der Waals surface area contributed by atoms with Crippen LogP contribution in [0.1, 0.15) is 16.7 Å². The molecule has 0 unspecified atom stereocenters. The van der Waals surface area contributed by atoms with Crippen LogP contribution in [0.25, 0.3) is 17.0 Å². The number of non-ortho nitro benzene ring substituents is 1. The summed E-state index contributed by atoms with van der Waals surface area (Å²) in [4.78, 5) is 26.5. The average Bonchev–Trinajstić information content (AvgIpc) is 3.34. The van der Waals surface area contributed by atoms with Crippen molar-refractivity contribution >= 4 is 44.5 Å². The van der Waals surface area contributed by atoms with Gasteiger partial charge in [0.25, 0.3) is 11.6 Å². The monoisotopic (exact) mass is 574 g/mol. The number of nitriles is 1. The van der Waals surface area contributed by atoms with Gasteiger partial charge < -0.3 is 19.8 Å². The molecule has 0 fully saturated rings. The van der Waals surface area contributed by atoms with Gasteiger partial charge in [-0.15, -0.1) is 0 Å². The first-order valence-corrected chi connectivity index (χ1v) is 12.4. The van der Waals surface area contributed by atoms with Crippen LogP contribution in [-0.4, -0.2) is 29.5 Å². The van der Waals surface area contributed by atoms with Crippen LogP contribution in [0.5, 0.6) is 11.5 Å². The number of methoxy groups -OCH3 is 1. The number of hydrogen-bond acceptors (Lipinski definition) is 6. The van der Waals surface area contributed by atoms with Crippen LogP contribution in [0.2, 0.25) is 0 Å². The minimum Gasteiger partial charge on any atom is -0.493 e. The molecular weight excluding hydrogens is 552 g/mol. The van der Waals surface area contributed by atoms with Crippen molar-refractivity contribution in [1.29, 1.82) is 5.26 Å². The molecule has 0 atom stereocenters. The van der Waals surface area contributed by atoms with Crippen LogP contribution in [0.15, 0.2) is 76.9 Å². The zero-order valence-electron chi connectivity index (χ0n) is 20.4. The highest BCUT2D eigenvalue weighted by atomic mass is 79.9. The Morgan fingerprint density at radius 2 is 2.00 bits per heavy atom. The van der Waals surface area contributed by atoms with E-state index in [9.17, 15) is 20.2 Å². The Balaban J connectivity index is 1.44. The molecular formula is C28H23BrN4O5. The second kappa shape index (κ2) is 12.1.